The Morgan fingerprint density at radius 2 is 1.14 bits per heavy atom. The third-order valence-corrected chi connectivity index (χ3v) is 7.20. The van der Waals surface area contributed by atoms with E-state index in [1.54, 1.807) is 22.7 Å². The van der Waals surface area contributed by atoms with Crippen LogP contribution in [0.4, 0.5) is 0 Å². The summed E-state index contributed by atoms with van der Waals surface area (Å²) < 4.78 is 0. The van der Waals surface area contributed by atoms with E-state index in [2.05, 4.69) is 0 Å². The Morgan fingerprint density at radius 3 is 1.50 bits per heavy atom. The van der Waals surface area contributed by atoms with Crippen LogP contribution in [0.1, 0.15) is 9.75 Å². The van der Waals surface area contributed by atoms with Gasteiger partial charge in [-0.3, -0.25) is 9.59 Å². The van der Waals surface area contributed by atoms with E-state index in [0.717, 1.165) is 19.6 Å². The van der Waals surface area contributed by atoms with Gasteiger partial charge in [-0.2, -0.15) is 0 Å². The molecule has 108 valence electrons. The van der Waals surface area contributed by atoms with E-state index >= 15 is 0 Å². The second-order valence-electron chi connectivity index (χ2n) is 4.58. The van der Waals surface area contributed by atoms with Crippen molar-refractivity contribution in [3.05, 3.63) is 68.1 Å². The summed E-state index contributed by atoms with van der Waals surface area (Å²) in [7, 11) is 0. The first-order valence-corrected chi connectivity index (χ1v) is 9.81. The van der Waals surface area contributed by atoms with Gasteiger partial charge in [0.15, 0.2) is 0 Å². The van der Waals surface area contributed by atoms with Crippen molar-refractivity contribution >= 4 is 66.2 Å². The zero-order chi connectivity index (χ0) is 15.1. The van der Waals surface area contributed by atoms with E-state index < -0.39 is 0 Å². The van der Waals surface area contributed by atoms with Gasteiger partial charge in [-0.05, 0) is 58.6 Å². The number of allylic oxidation sites excluding steroid dienone is 2. The number of carbonyl (C=O) groups excluding carboxylic acids is 2. The lowest BCUT2D eigenvalue weighted by molar-refractivity contribution is -0.109. The molecule has 6 heteroatoms. The van der Waals surface area contributed by atoms with Crippen molar-refractivity contribution in [1.82, 2.24) is 0 Å². The first-order chi connectivity index (χ1) is 10.7. The predicted molar refractivity (Wildman–Crippen MR) is 96.8 cm³/mol. The minimum Gasteiger partial charge on any atom is -0.281 e. The molecule has 0 fully saturated rings. The normalized spacial score (nSPS) is 21.5. The second kappa shape index (κ2) is 5.70. The van der Waals surface area contributed by atoms with Crippen LogP contribution in [0.5, 0.6) is 0 Å². The number of hydrogen-bond acceptors (Lipinski definition) is 6. The molecular weight excluding hydrogens is 352 g/mol. The lowest BCUT2D eigenvalue weighted by Crippen LogP contribution is -1.98. The number of carbonyl (C=O) groups is 2. The SMILES string of the molecule is O=C1SC(c2cccs2)=C/C1=C1/C=C(c2cccs2)SC1=O. The zero-order valence-electron chi connectivity index (χ0n) is 11.1. The molecule has 4 rings (SSSR count). The fraction of sp³-hybridized carbons (Fsp3) is 0. The largest absolute Gasteiger partial charge is 0.281 e. The van der Waals surface area contributed by atoms with Crippen LogP contribution >= 0.6 is 46.2 Å². The van der Waals surface area contributed by atoms with Gasteiger partial charge in [0.1, 0.15) is 0 Å². The van der Waals surface area contributed by atoms with Crippen molar-refractivity contribution in [2.45, 2.75) is 0 Å². The summed E-state index contributed by atoms with van der Waals surface area (Å²) in [6.45, 7) is 0. The van der Waals surface area contributed by atoms with Crippen LogP contribution in [0.2, 0.25) is 0 Å². The molecule has 0 spiro atoms. The van der Waals surface area contributed by atoms with E-state index in [9.17, 15) is 9.59 Å². The Morgan fingerprint density at radius 1 is 0.682 bits per heavy atom. The van der Waals surface area contributed by atoms with E-state index in [-0.39, 0.29) is 10.2 Å². The molecule has 0 saturated carbocycles. The number of rotatable bonds is 2. The third kappa shape index (κ3) is 2.46. The highest BCUT2D eigenvalue weighted by atomic mass is 32.2. The van der Waals surface area contributed by atoms with Crippen molar-refractivity contribution in [2.24, 2.45) is 0 Å². The molecule has 2 aliphatic rings. The van der Waals surface area contributed by atoms with E-state index in [0.29, 0.717) is 11.1 Å². The Labute approximate surface area is 143 Å². The summed E-state index contributed by atoms with van der Waals surface area (Å²) in [6.07, 6.45) is 3.70. The summed E-state index contributed by atoms with van der Waals surface area (Å²) >= 11 is 5.61. The van der Waals surface area contributed by atoms with Crippen LogP contribution in [0.25, 0.3) is 9.81 Å². The van der Waals surface area contributed by atoms with Gasteiger partial charge in [-0.1, -0.05) is 12.1 Å². The number of thioether (sulfide) groups is 2. The van der Waals surface area contributed by atoms with Crippen molar-refractivity contribution in [3.63, 3.8) is 0 Å². The van der Waals surface area contributed by atoms with Crippen LogP contribution in [0, 0.1) is 0 Å². The lowest BCUT2D eigenvalue weighted by Gasteiger charge is -1.94. The minimum absolute atomic E-state index is 0.0453. The quantitative estimate of drug-likeness (QED) is 0.703. The van der Waals surface area contributed by atoms with Crippen LogP contribution in [0.3, 0.4) is 0 Å². The average molecular weight is 361 g/mol. The maximum absolute atomic E-state index is 12.3. The van der Waals surface area contributed by atoms with Crippen molar-refractivity contribution in [2.75, 3.05) is 0 Å². The molecule has 2 aromatic heterocycles. The van der Waals surface area contributed by atoms with E-state index in [4.69, 9.17) is 0 Å². The van der Waals surface area contributed by atoms with Gasteiger partial charge >= 0.3 is 0 Å². The van der Waals surface area contributed by atoms with Crippen molar-refractivity contribution in [3.8, 4) is 0 Å². The minimum atomic E-state index is -0.0453. The zero-order valence-corrected chi connectivity index (χ0v) is 14.3. The van der Waals surface area contributed by atoms with Gasteiger partial charge in [0, 0.05) is 30.7 Å². The Bertz CT molecular complexity index is 780. The number of thiophene rings is 2. The summed E-state index contributed by atoms with van der Waals surface area (Å²) in [5, 5.41) is 3.88. The summed E-state index contributed by atoms with van der Waals surface area (Å²) in [5.41, 5.74) is 1.05. The van der Waals surface area contributed by atoms with Crippen LogP contribution in [-0.2, 0) is 9.59 Å². The van der Waals surface area contributed by atoms with Gasteiger partial charge in [0.05, 0.1) is 0 Å². The molecule has 0 aromatic carbocycles. The van der Waals surface area contributed by atoms with Crippen LogP contribution < -0.4 is 0 Å². The Hall–Kier alpha value is -1.34. The van der Waals surface area contributed by atoms with Gasteiger partial charge in [0.2, 0.25) is 10.2 Å². The smallest absolute Gasteiger partial charge is 0.224 e. The third-order valence-electron chi connectivity index (χ3n) is 3.21. The monoisotopic (exact) mass is 360 g/mol. The van der Waals surface area contributed by atoms with E-state index in [1.165, 1.54) is 23.5 Å². The fourth-order valence-corrected chi connectivity index (χ4v) is 5.66. The van der Waals surface area contributed by atoms with Gasteiger partial charge in [-0.15, -0.1) is 22.7 Å². The first kappa shape index (κ1) is 14.3. The average Bonchev–Trinajstić information content (AvgIpc) is 3.25. The summed E-state index contributed by atoms with van der Waals surface area (Å²) in [6, 6.07) is 7.90. The molecule has 0 saturated heterocycles. The topological polar surface area (TPSA) is 34.1 Å². The molecule has 0 radical (unpaired) electrons. The Kier molecular flexibility index (Phi) is 3.69. The molecule has 0 atom stereocenters. The molecule has 0 bridgehead atoms. The van der Waals surface area contributed by atoms with Gasteiger partial charge in [0.25, 0.3) is 0 Å². The molecule has 0 N–H and O–H groups in total. The molecule has 22 heavy (non-hydrogen) atoms. The molecule has 0 aliphatic carbocycles. The summed E-state index contributed by atoms with van der Waals surface area (Å²) in [5.74, 6) is 0. The maximum Gasteiger partial charge on any atom is 0.224 e. The number of hydrogen-bond donors (Lipinski definition) is 0. The van der Waals surface area contributed by atoms with Crippen LogP contribution in [-0.4, -0.2) is 10.2 Å². The highest BCUT2D eigenvalue weighted by Gasteiger charge is 2.30. The molecule has 2 nitrogen and oxygen atoms in total. The molecule has 2 aromatic rings. The molecular formula is C16H8O2S4. The lowest BCUT2D eigenvalue weighted by atomic mass is 10.1. The van der Waals surface area contributed by atoms with Crippen molar-refractivity contribution < 1.29 is 9.59 Å². The molecule has 4 heterocycles. The fourth-order valence-electron chi connectivity index (χ4n) is 2.20. The van der Waals surface area contributed by atoms with Crippen molar-refractivity contribution in [1.29, 1.82) is 0 Å². The molecule has 0 unspecified atom stereocenters. The molecule has 2 aliphatic heterocycles. The second-order valence-corrected chi connectivity index (χ2v) is 8.50. The predicted octanol–water partition coefficient (Wildman–Crippen LogP) is 5.04. The first-order valence-electron chi connectivity index (χ1n) is 6.42. The molecule has 0 amide bonds. The highest BCUT2D eigenvalue weighted by molar-refractivity contribution is 8.23. The maximum atomic E-state index is 12.3. The standard InChI is InChI=1S/C16H8O2S4/c17-15-9(7-13(21-15)11-3-1-5-19-11)10-8-14(22-16(10)18)12-4-2-6-20-12/h1-8H/b10-9+. The van der Waals surface area contributed by atoms with Crippen LogP contribution in [0.15, 0.2) is 58.3 Å². The van der Waals surface area contributed by atoms with E-state index in [1.807, 2.05) is 47.2 Å². The van der Waals surface area contributed by atoms with Gasteiger partial charge in [-0.25, -0.2) is 0 Å². The Balaban J connectivity index is 1.77. The summed E-state index contributed by atoms with van der Waals surface area (Å²) in [4.78, 5) is 28.5. The van der Waals surface area contributed by atoms with Gasteiger partial charge < -0.3 is 0 Å². The highest BCUT2D eigenvalue weighted by Crippen LogP contribution is 2.45.